The van der Waals surface area contributed by atoms with Crippen LogP contribution in [0.15, 0.2) is 24.4 Å². The Morgan fingerprint density at radius 1 is 1.53 bits per heavy atom. The molecule has 0 radical (unpaired) electrons. The van der Waals surface area contributed by atoms with Gasteiger partial charge in [-0.05, 0) is 18.6 Å². The third-order valence-electron chi connectivity index (χ3n) is 2.21. The molecule has 0 saturated carbocycles. The monoisotopic (exact) mass is 207 g/mol. The number of nitrogens with zero attached hydrogens (tertiary/aromatic N) is 2. The van der Waals surface area contributed by atoms with E-state index >= 15 is 0 Å². The molecule has 0 atom stereocenters. The maximum absolute atomic E-state index is 11.5. The quantitative estimate of drug-likeness (QED) is 0.761. The maximum Gasteiger partial charge on any atom is 0.222 e. The van der Waals surface area contributed by atoms with E-state index in [1.807, 2.05) is 18.2 Å². The van der Waals surface area contributed by atoms with E-state index in [1.165, 1.54) is 0 Å². The molecule has 0 unspecified atom stereocenters. The van der Waals surface area contributed by atoms with Gasteiger partial charge in [0.05, 0.1) is 0 Å². The highest BCUT2D eigenvalue weighted by Gasteiger charge is 2.07. The first-order valence-electron chi connectivity index (χ1n) is 5.08. The first kappa shape index (κ1) is 11.7. The van der Waals surface area contributed by atoms with Gasteiger partial charge in [-0.2, -0.15) is 0 Å². The lowest BCUT2D eigenvalue weighted by atomic mass is 10.2. The van der Waals surface area contributed by atoms with Crippen molar-refractivity contribution in [3.05, 3.63) is 30.1 Å². The molecule has 0 aliphatic carbocycles. The number of aryl methyl sites for hydroxylation is 1. The molecule has 0 bridgehead atoms. The number of amides is 1. The summed E-state index contributed by atoms with van der Waals surface area (Å²) in [4.78, 5) is 17.4. The number of carbonyl (C=O) groups excluding carboxylic acids is 1. The molecular formula is C11H17N3O. The van der Waals surface area contributed by atoms with Crippen LogP contribution < -0.4 is 5.73 Å². The Bertz CT molecular complexity index is 300. The van der Waals surface area contributed by atoms with Crippen LogP contribution in [-0.4, -0.2) is 35.9 Å². The minimum atomic E-state index is 0.117. The Balaban J connectivity index is 2.34. The van der Waals surface area contributed by atoms with Crippen molar-refractivity contribution >= 4 is 5.91 Å². The van der Waals surface area contributed by atoms with Crippen molar-refractivity contribution in [2.24, 2.45) is 5.73 Å². The number of nitrogens with two attached hydrogens (primary N) is 1. The van der Waals surface area contributed by atoms with E-state index in [9.17, 15) is 4.79 Å². The van der Waals surface area contributed by atoms with Gasteiger partial charge >= 0.3 is 0 Å². The van der Waals surface area contributed by atoms with Crippen molar-refractivity contribution < 1.29 is 4.79 Å². The molecule has 0 saturated heterocycles. The average molecular weight is 207 g/mol. The minimum absolute atomic E-state index is 0.117. The Morgan fingerprint density at radius 2 is 2.33 bits per heavy atom. The van der Waals surface area contributed by atoms with Crippen LogP contribution in [0.5, 0.6) is 0 Å². The highest BCUT2D eigenvalue weighted by atomic mass is 16.2. The summed E-state index contributed by atoms with van der Waals surface area (Å²) in [7, 11) is 1.77. The van der Waals surface area contributed by atoms with E-state index in [0.717, 1.165) is 5.69 Å². The zero-order valence-corrected chi connectivity index (χ0v) is 9.02. The van der Waals surface area contributed by atoms with Crippen LogP contribution in [0.2, 0.25) is 0 Å². The summed E-state index contributed by atoms with van der Waals surface area (Å²) in [5.41, 5.74) is 6.32. The Kier molecular flexibility index (Phi) is 4.77. The van der Waals surface area contributed by atoms with Crippen LogP contribution in [0.1, 0.15) is 12.1 Å². The molecule has 1 heterocycles. The fourth-order valence-corrected chi connectivity index (χ4v) is 1.29. The second-order valence-corrected chi connectivity index (χ2v) is 3.43. The fraction of sp³-hybridized carbons (Fsp3) is 0.455. The molecular weight excluding hydrogens is 190 g/mol. The van der Waals surface area contributed by atoms with Gasteiger partial charge in [0, 0.05) is 38.4 Å². The lowest BCUT2D eigenvalue weighted by molar-refractivity contribution is -0.129. The van der Waals surface area contributed by atoms with E-state index < -0.39 is 0 Å². The first-order valence-corrected chi connectivity index (χ1v) is 5.08. The van der Waals surface area contributed by atoms with Gasteiger partial charge in [0.15, 0.2) is 0 Å². The SMILES string of the molecule is CN(CCN)C(=O)CCc1ccccn1. The molecule has 0 aromatic carbocycles. The zero-order chi connectivity index (χ0) is 11.1. The lowest BCUT2D eigenvalue weighted by Crippen LogP contribution is -2.31. The number of hydrogen-bond acceptors (Lipinski definition) is 3. The lowest BCUT2D eigenvalue weighted by Gasteiger charge is -2.15. The van der Waals surface area contributed by atoms with Gasteiger partial charge in [0.25, 0.3) is 0 Å². The second kappa shape index (κ2) is 6.14. The Hall–Kier alpha value is -1.42. The summed E-state index contributed by atoms with van der Waals surface area (Å²) in [6, 6.07) is 5.72. The van der Waals surface area contributed by atoms with Gasteiger partial charge in [0.1, 0.15) is 0 Å². The third-order valence-corrected chi connectivity index (χ3v) is 2.21. The van der Waals surface area contributed by atoms with Gasteiger partial charge in [-0.15, -0.1) is 0 Å². The molecule has 0 aliphatic rings. The van der Waals surface area contributed by atoms with E-state index in [0.29, 0.717) is 25.9 Å². The van der Waals surface area contributed by atoms with Crippen molar-refractivity contribution in [2.75, 3.05) is 20.1 Å². The summed E-state index contributed by atoms with van der Waals surface area (Å²) in [6.07, 6.45) is 2.92. The molecule has 0 aliphatic heterocycles. The third kappa shape index (κ3) is 4.08. The summed E-state index contributed by atoms with van der Waals surface area (Å²) >= 11 is 0. The average Bonchev–Trinajstić information content (AvgIpc) is 2.27. The van der Waals surface area contributed by atoms with Crippen LogP contribution >= 0.6 is 0 Å². The van der Waals surface area contributed by atoms with Crippen LogP contribution in [0.25, 0.3) is 0 Å². The van der Waals surface area contributed by atoms with Gasteiger partial charge in [-0.3, -0.25) is 9.78 Å². The Morgan fingerprint density at radius 3 is 2.93 bits per heavy atom. The number of rotatable bonds is 5. The van der Waals surface area contributed by atoms with Crippen molar-refractivity contribution in [3.8, 4) is 0 Å². The van der Waals surface area contributed by atoms with Gasteiger partial charge < -0.3 is 10.6 Å². The van der Waals surface area contributed by atoms with Gasteiger partial charge in [-0.25, -0.2) is 0 Å². The highest BCUT2D eigenvalue weighted by Crippen LogP contribution is 2.00. The summed E-state index contributed by atoms with van der Waals surface area (Å²) in [6.45, 7) is 1.12. The molecule has 82 valence electrons. The topological polar surface area (TPSA) is 59.2 Å². The summed E-state index contributed by atoms with van der Waals surface area (Å²) < 4.78 is 0. The standard InChI is InChI=1S/C11H17N3O/c1-14(9-7-12)11(15)6-5-10-4-2-3-8-13-10/h2-4,8H,5-7,9,12H2,1H3. The van der Waals surface area contributed by atoms with Gasteiger partial charge in [0.2, 0.25) is 5.91 Å². The number of pyridine rings is 1. The molecule has 1 amide bonds. The number of likely N-dealkylation sites (N-methyl/N-ethyl adjacent to an activating group) is 1. The predicted octanol–water partition coefficient (Wildman–Crippen LogP) is 0.431. The number of carbonyl (C=O) groups is 1. The summed E-state index contributed by atoms with van der Waals surface area (Å²) in [5, 5.41) is 0. The molecule has 4 nitrogen and oxygen atoms in total. The molecule has 4 heteroatoms. The highest BCUT2D eigenvalue weighted by molar-refractivity contribution is 5.76. The van der Waals surface area contributed by atoms with Crippen LogP contribution in [0.4, 0.5) is 0 Å². The number of aromatic nitrogens is 1. The Labute approximate surface area is 90.1 Å². The van der Waals surface area contributed by atoms with E-state index in [1.54, 1.807) is 18.1 Å². The largest absolute Gasteiger partial charge is 0.344 e. The molecule has 1 aromatic heterocycles. The molecule has 2 N–H and O–H groups in total. The van der Waals surface area contributed by atoms with Crippen molar-refractivity contribution in [2.45, 2.75) is 12.8 Å². The van der Waals surface area contributed by atoms with Crippen molar-refractivity contribution in [3.63, 3.8) is 0 Å². The number of hydrogen-bond donors (Lipinski definition) is 1. The van der Waals surface area contributed by atoms with Crippen LogP contribution in [0.3, 0.4) is 0 Å². The minimum Gasteiger partial charge on any atom is -0.344 e. The zero-order valence-electron chi connectivity index (χ0n) is 9.02. The van der Waals surface area contributed by atoms with Crippen molar-refractivity contribution in [1.82, 2.24) is 9.88 Å². The van der Waals surface area contributed by atoms with Crippen LogP contribution in [-0.2, 0) is 11.2 Å². The summed E-state index contributed by atoms with van der Waals surface area (Å²) in [5.74, 6) is 0.117. The normalized spacial score (nSPS) is 10.0. The van der Waals surface area contributed by atoms with E-state index in [-0.39, 0.29) is 5.91 Å². The smallest absolute Gasteiger partial charge is 0.222 e. The first-order chi connectivity index (χ1) is 7.24. The molecule has 0 fully saturated rings. The predicted molar refractivity (Wildman–Crippen MR) is 59.2 cm³/mol. The van der Waals surface area contributed by atoms with Gasteiger partial charge in [-0.1, -0.05) is 6.07 Å². The molecule has 1 rings (SSSR count). The van der Waals surface area contributed by atoms with E-state index in [2.05, 4.69) is 4.98 Å². The van der Waals surface area contributed by atoms with Crippen LogP contribution in [0, 0.1) is 0 Å². The van der Waals surface area contributed by atoms with Crippen molar-refractivity contribution in [1.29, 1.82) is 0 Å². The van der Waals surface area contributed by atoms with E-state index in [4.69, 9.17) is 5.73 Å². The molecule has 0 spiro atoms. The second-order valence-electron chi connectivity index (χ2n) is 3.43. The molecule has 15 heavy (non-hydrogen) atoms. The molecule has 1 aromatic rings. The fourth-order valence-electron chi connectivity index (χ4n) is 1.29. The maximum atomic E-state index is 11.5.